The molecular weight excluding hydrogens is 581 g/mol. The summed E-state index contributed by atoms with van der Waals surface area (Å²) in [4.78, 5) is 27.1. The lowest BCUT2D eigenvalue weighted by molar-refractivity contribution is -0.280. The maximum absolute atomic E-state index is 14.9. The molecule has 0 fully saturated rings. The van der Waals surface area contributed by atoms with Gasteiger partial charge in [0, 0.05) is 18.2 Å². The largest absolute Gasteiger partial charge is 0.454 e. The molecule has 0 saturated carbocycles. The molecule has 0 N–H and O–H groups in total. The van der Waals surface area contributed by atoms with Gasteiger partial charge in [-0.2, -0.15) is 13.2 Å². The van der Waals surface area contributed by atoms with E-state index in [0.717, 1.165) is 45.0 Å². The van der Waals surface area contributed by atoms with E-state index in [4.69, 9.17) is 14.2 Å². The number of carbonyl (C=O) groups is 2. The number of fused-ring (bicyclic) bond motifs is 2. The van der Waals surface area contributed by atoms with Gasteiger partial charge >= 0.3 is 18.1 Å². The van der Waals surface area contributed by atoms with Crippen LogP contribution in [0.2, 0.25) is 0 Å². The number of alkyl halides is 3. The first-order valence-corrected chi connectivity index (χ1v) is 14.6. The normalized spacial score (nSPS) is 18.0. The Morgan fingerprint density at radius 3 is 2.04 bits per heavy atom. The summed E-state index contributed by atoms with van der Waals surface area (Å²) >= 11 is 0. The van der Waals surface area contributed by atoms with Crippen LogP contribution < -0.4 is 0 Å². The van der Waals surface area contributed by atoms with E-state index in [1.54, 1.807) is 36.4 Å². The number of benzene rings is 6. The first-order valence-electron chi connectivity index (χ1n) is 14.6. The van der Waals surface area contributed by atoms with E-state index in [0.29, 0.717) is 12.0 Å². The SMILES string of the molecule is CO[C@](C(=O)O[C@H]1c2cc3ccc4cccc5ccc(c2CC[C@@H]1OC(=O)c1ccccc1)c3c45)(c1ccccc1)C(F)(F)F. The molecule has 1 aliphatic rings. The summed E-state index contributed by atoms with van der Waals surface area (Å²) in [7, 11) is 0.828. The fraction of sp³-hybridized carbons (Fsp3) is 0.189. The molecule has 0 saturated heterocycles. The average molecular weight is 609 g/mol. The Kier molecular flexibility index (Phi) is 6.97. The smallest absolute Gasteiger partial charge is 0.432 e. The van der Waals surface area contributed by atoms with Gasteiger partial charge < -0.3 is 14.2 Å². The van der Waals surface area contributed by atoms with Gasteiger partial charge in [0.25, 0.3) is 5.60 Å². The fourth-order valence-electron chi connectivity index (χ4n) is 6.69. The van der Waals surface area contributed by atoms with E-state index < -0.39 is 41.5 Å². The van der Waals surface area contributed by atoms with Crippen LogP contribution in [-0.2, 0) is 31.0 Å². The highest BCUT2D eigenvalue weighted by Crippen LogP contribution is 2.47. The lowest BCUT2D eigenvalue weighted by Crippen LogP contribution is -2.52. The van der Waals surface area contributed by atoms with Crippen molar-refractivity contribution in [1.82, 2.24) is 0 Å². The number of hydrogen-bond acceptors (Lipinski definition) is 5. The van der Waals surface area contributed by atoms with Crippen LogP contribution in [0, 0.1) is 0 Å². The molecule has 5 nitrogen and oxygen atoms in total. The molecule has 0 spiro atoms. The zero-order chi connectivity index (χ0) is 31.3. The van der Waals surface area contributed by atoms with Gasteiger partial charge in [-0.1, -0.05) is 91.0 Å². The number of carbonyl (C=O) groups excluding carboxylic acids is 2. The first kappa shape index (κ1) is 28.8. The van der Waals surface area contributed by atoms with Gasteiger partial charge in [-0.3, -0.25) is 0 Å². The second kappa shape index (κ2) is 10.9. The second-order valence-electron chi connectivity index (χ2n) is 11.2. The van der Waals surface area contributed by atoms with Crippen molar-refractivity contribution in [3.05, 3.63) is 131 Å². The van der Waals surface area contributed by atoms with Gasteiger partial charge in [0.2, 0.25) is 0 Å². The van der Waals surface area contributed by atoms with Crippen molar-refractivity contribution in [2.24, 2.45) is 0 Å². The Labute approximate surface area is 256 Å². The molecular formula is C37H27F3O5. The van der Waals surface area contributed by atoms with Gasteiger partial charge in [-0.25, -0.2) is 9.59 Å². The molecule has 0 heterocycles. The molecule has 6 aromatic rings. The molecule has 8 heteroatoms. The summed E-state index contributed by atoms with van der Waals surface area (Å²) in [5.41, 5.74) is -2.23. The number of halogens is 3. The van der Waals surface area contributed by atoms with E-state index >= 15 is 0 Å². The van der Waals surface area contributed by atoms with Crippen LogP contribution in [0.3, 0.4) is 0 Å². The lowest BCUT2D eigenvalue weighted by Gasteiger charge is -2.38. The number of aryl methyl sites for hydroxylation is 1. The predicted octanol–water partition coefficient (Wildman–Crippen LogP) is 8.44. The van der Waals surface area contributed by atoms with Crippen LogP contribution in [0.4, 0.5) is 13.2 Å². The number of hydrogen-bond donors (Lipinski definition) is 0. The van der Waals surface area contributed by atoms with Crippen LogP contribution in [0.1, 0.15) is 39.6 Å². The van der Waals surface area contributed by atoms with E-state index in [2.05, 4.69) is 0 Å². The molecule has 45 heavy (non-hydrogen) atoms. The maximum Gasteiger partial charge on any atom is 0.432 e. The molecule has 0 aliphatic heterocycles. The van der Waals surface area contributed by atoms with Crippen molar-refractivity contribution < 1.29 is 37.0 Å². The molecule has 0 bridgehead atoms. The van der Waals surface area contributed by atoms with Crippen molar-refractivity contribution in [2.75, 3.05) is 7.11 Å². The van der Waals surface area contributed by atoms with Crippen molar-refractivity contribution in [3.63, 3.8) is 0 Å². The zero-order valence-corrected chi connectivity index (χ0v) is 24.1. The second-order valence-corrected chi connectivity index (χ2v) is 11.2. The number of ether oxygens (including phenoxy) is 3. The van der Waals surface area contributed by atoms with Gasteiger partial charge in [-0.15, -0.1) is 0 Å². The Bertz CT molecular complexity index is 2030. The minimum absolute atomic E-state index is 0.227. The van der Waals surface area contributed by atoms with Gasteiger partial charge in [0.1, 0.15) is 6.10 Å². The van der Waals surface area contributed by atoms with Crippen LogP contribution in [0.15, 0.2) is 109 Å². The van der Waals surface area contributed by atoms with Crippen LogP contribution in [-0.4, -0.2) is 31.3 Å². The van der Waals surface area contributed by atoms with Gasteiger partial charge in [0.05, 0.1) is 5.56 Å². The standard InChI is InChI=1S/C37H27F3O5/c1-43-36(37(38,39)40,26-13-6-3-7-14-26)35(42)45-33-29-21-25-16-15-22-11-8-12-23-17-18-28(32(25)31(22)23)27(29)19-20-30(33)44-34(41)24-9-4-2-5-10-24/h2-18,21,30,33H,19-20H2,1H3/t30-,33-,36-/m0/s1. The predicted molar refractivity (Wildman–Crippen MR) is 164 cm³/mol. The quantitative estimate of drug-likeness (QED) is 0.140. The first-order chi connectivity index (χ1) is 21.7. The highest BCUT2D eigenvalue weighted by Gasteiger charge is 2.64. The molecule has 0 amide bonds. The third-order valence-corrected chi connectivity index (χ3v) is 8.79. The highest BCUT2D eigenvalue weighted by atomic mass is 19.4. The number of rotatable bonds is 6. The molecule has 7 rings (SSSR count). The maximum atomic E-state index is 14.9. The van der Waals surface area contributed by atoms with Gasteiger partial charge in [-0.05, 0) is 68.9 Å². The van der Waals surface area contributed by atoms with Crippen LogP contribution in [0.5, 0.6) is 0 Å². The van der Waals surface area contributed by atoms with Crippen molar-refractivity contribution in [1.29, 1.82) is 0 Å². The van der Waals surface area contributed by atoms with E-state index in [-0.39, 0.29) is 12.0 Å². The summed E-state index contributed by atoms with van der Waals surface area (Å²) < 4.78 is 61.3. The Balaban J connectivity index is 1.38. The molecule has 6 aromatic carbocycles. The fourth-order valence-corrected chi connectivity index (χ4v) is 6.69. The summed E-state index contributed by atoms with van der Waals surface area (Å²) in [5.74, 6) is -2.31. The van der Waals surface area contributed by atoms with Crippen molar-refractivity contribution in [2.45, 2.75) is 36.8 Å². The van der Waals surface area contributed by atoms with Crippen LogP contribution >= 0.6 is 0 Å². The summed E-state index contributed by atoms with van der Waals surface area (Å²) in [6.45, 7) is 0. The summed E-state index contributed by atoms with van der Waals surface area (Å²) in [6.07, 6.45) is -6.87. The number of esters is 2. The topological polar surface area (TPSA) is 61.8 Å². The van der Waals surface area contributed by atoms with Crippen molar-refractivity contribution >= 4 is 44.3 Å². The zero-order valence-electron chi connectivity index (χ0n) is 24.1. The summed E-state index contributed by atoms with van der Waals surface area (Å²) in [5, 5.41) is 5.99. The van der Waals surface area contributed by atoms with E-state index in [1.807, 2.05) is 48.5 Å². The third kappa shape index (κ3) is 4.59. The average Bonchev–Trinajstić information content (AvgIpc) is 3.05. The molecule has 1 aliphatic carbocycles. The molecule has 226 valence electrons. The Morgan fingerprint density at radius 2 is 1.38 bits per heavy atom. The molecule has 0 unspecified atom stereocenters. The summed E-state index contributed by atoms with van der Waals surface area (Å²) in [6, 6.07) is 30.8. The monoisotopic (exact) mass is 608 g/mol. The number of methoxy groups -OCH3 is 1. The van der Waals surface area contributed by atoms with E-state index in [1.165, 1.54) is 24.3 Å². The highest BCUT2D eigenvalue weighted by molar-refractivity contribution is 6.23. The minimum Gasteiger partial charge on any atom is -0.454 e. The Hall–Kier alpha value is -4.95. The Morgan fingerprint density at radius 1 is 0.733 bits per heavy atom. The molecule has 0 aromatic heterocycles. The van der Waals surface area contributed by atoms with Gasteiger partial charge in [0.15, 0.2) is 6.10 Å². The van der Waals surface area contributed by atoms with E-state index in [9.17, 15) is 22.8 Å². The van der Waals surface area contributed by atoms with Crippen LogP contribution in [0.25, 0.3) is 32.3 Å². The molecule has 0 radical (unpaired) electrons. The minimum atomic E-state index is -5.17. The lowest BCUT2D eigenvalue weighted by atomic mass is 9.81. The van der Waals surface area contributed by atoms with Crippen molar-refractivity contribution in [3.8, 4) is 0 Å². The molecule has 3 atom stereocenters. The third-order valence-electron chi connectivity index (χ3n) is 8.79.